The van der Waals surface area contributed by atoms with Gasteiger partial charge in [-0.05, 0) is 17.3 Å². The van der Waals surface area contributed by atoms with E-state index in [1.54, 1.807) is 4.68 Å². The predicted molar refractivity (Wildman–Crippen MR) is 74.3 cm³/mol. The van der Waals surface area contributed by atoms with E-state index in [0.29, 0.717) is 24.0 Å². The van der Waals surface area contributed by atoms with Crippen LogP contribution in [0.3, 0.4) is 0 Å². The minimum atomic E-state index is -1.05. The van der Waals surface area contributed by atoms with E-state index in [2.05, 4.69) is 10.1 Å². The molecule has 2 radical (unpaired) electrons. The molecule has 1 aromatic heterocycles. The summed E-state index contributed by atoms with van der Waals surface area (Å²) in [7, 11) is 6.13. The van der Waals surface area contributed by atoms with Crippen LogP contribution < -0.4 is 0 Å². The summed E-state index contributed by atoms with van der Waals surface area (Å²) in [6.07, 6.45) is 1.63. The van der Waals surface area contributed by atoms with Crippen molar-refractivity contribution >= 4 is 7.85 Å². The molecular weight excluding hydrogens is 252 g/mol. The summed E-state index contributed by atoms with van der Waals surface area (Å²) in [5, 5.41) is 4.50. The summed E-state index contributed by atoms with van der Waals surface area (Å²) in [6, 6.07) is 9.85. The molecule has 3 unspecified atom stereocenters. The third-order valence-electron chi connectivity index (χ3n) is 4.29. The molecule has 3 nitrogen and oxygen atoms in total. The average Bonchev–Trinajstić information content (AvgIpc) is 3.15. The Morgan fingerprint density at radius 1 is 1.25 bits per heavy atom. The van der Waals surface area contributed by atoms with Crippen LogP contribution in [-0.4, -0.2) is 22.6 Å². The first-order valence-corrected chi connectivity index (χ1v) is 7.15. The number of fused-ring (bicyclic) bond motifs is 1. The number of benzene rings is 1. The van der Waals surface area contributed by atoms with Gasteiger partial charge in [0, 0.05) is 6.42 Å². The van der Waals surface area contributed by atoms with Crippen molar-refractivity contribution in [2.45, 2.75) is 37.3 Å². The third kappa shape index (κ3) is 1.87. The van der Waals surface area contributed by atoms with Gasteiger partial charge in [-0.2, -0.15) is 5.10 Å². The second-order valence-corrected chi connectivity index (χ2v) is 5.77. The van der Waals surface area contributed by atoms with Crippen molar-refractivity contribution in [3.8, 4) is 0 Å². The van der Waals surface area contributed by atoms with Gasteiger partial charge in [0.05, 0.1) is 13.9 Å². The molecule has 4 rings (SSSR count). The van der Waals surface area contributed by atoms with Crippen molar-refractivity contribution in [1.82, 2.24) is 14.8 Å². The molecule has 0 amide bonds. The van der Waals surface area contributed by atoms with E-state index in [1.165, 1.54) is 0 Å². The van der Waals surface area contributed by atoms with Crippen LogP contribution in [-0.2, 0) is 0 Å². The molecule has 1 aliphatic heterocycles. The molecule has 1 aliphatic carbocycles. The zero-order chi connectivity index (χ0) is 13.7. The van der Waals surface area contributed by atoms with Crippen LogP contribution >= 0.6 is 0 Å². The van der Waals surface area contributed by atoms with E-state index in [-0.39, 0.29) is 11.9 Å². The van der Waals surface area contributed by atoms with Crippen LogP contribution in [0.15, 0.2) is 30.3 Å². The van der Waals surface area contributed by atoms with Gasteiger partial charge in [-0.3, -0.25) is 0 Å². The first-order valence-electron chi connectivity index (χ1n) is 7.15. The summed E-state index contributed by atoms with van der Waals surface area (Å²) >= 11 is 0. The minimum Gasteiger partial charge on any atom is -0.239 e. The molecule has 5 heteroatoms. The number of rotatable bonds is 3. The van der Waals surface area contributed by atoms with Crippen LogP contribution in [0.25, 0.3) is 0 Å². The SMILES string of the molecule is [B]C(c1nc2n(n1)C(c1ccccc1)CC2F)C1CC1. The second-order valence-electron chi connectivity index (χ2n) is 5.77. The largest absolute Gasteiger partial charge is 0.239 e. The maximum absolute atomic E-state index is 14.2. The minimum absolute atomic E-state index is 0.0612. The van der Waals surface area contributed by atoms with E-state index in [9.17, 15) is 4.39 Å². The monoisotopic (exact) mass is 267 g/mol. The van der Waals surface area contributed by atoms with E-state index < -0.39 is 6.17 Å². The molecule has 0 spiro atoms. The molecule has 1 fully saturated rings. The zero-order valence-corrected chi connectivity index (χ0v) is 11.1. The second kappa shape index (κ2) is 4.43. The maximum atomic E-state index is 14.2. The van der Waals surface area contributed by atoms with Crippen molar-refractivity contribution in [3.63, 3.8) is 0 Å². The first-order chi connectivity index (χ1) is 9.74. The highest BCUT2D eigenvalue weighted by molar-refractivity contribution is 6.12. The Hall–Kier alpha value is -1.65. The van der Waals surface area contributed by atoms with Crippen molar-refractivity contribution in [2.75, 3.05) is 0 Å². The molecule has 0 N–H and O–H groups in total. The van der Waals surface area contributed by atoms with E-state index in [0.717, 1.165) is 18.4 Å². The first kappa shape index (κ1) is 12.1. The standard InChI is InChI=1S/C15H15BFN3/c16-13(10-6-7-10)14-18-15-11(17)8-12(20(15)19-14)9-4-2-1-3-5-9/h1-5,10-13H,6-8H2. The van der Waals surface area contributed by atoms with Crippen molar-refractivity contribution in [2.24, 2.45) is 5.92 Å². The van der Waals surface area contributed by atoms with Crippen LogP contribution in [0.2, 0.25) is 0 Å². The van der Waals surface area contributed by atoms with Crippen molar-refractivity contribution < 1.29 is 4.39 Å². The fourth-order valence-electron chi connectivity index (χ4n) is 2.96. The van der Waals surface area contributed by atoms with Gasteiger partial charge in [0.1, 0.15) is 5.82 Å². The van der Waals surface area contributed by atoms with E-state index in [4.69, 9.17) is 7.85 Å². The highest BCUT2D eigenvalue weighted by Crippen LogP contribution is 2.43. The smallest absolute Gasteiger partial charge is 0.162 e. The lowest BCUT2D eigenvalue weighted by atomic mass is 9.82. The molecule has 20 heavy (non-hydrogen) atoms. The van der Waals surface area contributed by atoms with Crippen molar-refractivity contribution in [1.29, 1.82) is 0 Å². The van der Waals surface area contributed by atoms with Crippen LogP contribution in [0.5, 0.6) is 0 Å². The average molecular weight is 267 g/mol. The number of halogens is 1. The molecular formula is C15H15BFN3. The summed E-state index contributed by atoms with van der Waals surface area (Å²) < 4.78 is 15.9. The summed E-state index contributed by atoms with van der Waals surface area (Å²) in [4.78, 5) is 4.36. The van der Waals surface area contributed by atoms with E-state index in [1.807, 2.05) is 30.3 Å². The Kier molecular flexibility index (Phi) is 2.69. The van der Waals surface area contributed by atoms with Gasteiger partial charge in [0.25, 0.3) is 0 Å². The lowest BCUT2D eigenvalue weighted by molar-refractivity contribution is 0.327. The summed E-state index contributed by atoms with van der Waals surface area (Å²) in [5.74, 6) is 1.37. The molecule has 1 saturated carbocycles. The molecule has 2 aromatic rings. The molecule has 0 saturated heterocycles. The predicted octanol–water partition coefficient (Wildman–Crippen LogP) is 2.90. The number of hydrogen-bond acceptors (Lipinski definition) is 2. The quantitative estimate of drug-likeness (QED) is 0.800. The highest BCUT2D eigenvalue weighted by atomic mass is 19.1. The maximum Gasteiger partial charge on any atom is 0.162 e. The molecule has 0 bridgehead atoms. The number of nitrogens with zero attached hydrogens (tertiary/aromatic N) is 3. The molecule has 3 atom stereocenters. The van der Waals surface area contributed by atoms with Gasteiger partial charge >= 0.3 is 0 Å². The van der Waals surface area contributed by atoms with Gasteiger partial charge in [-0.1, -0.05) is 43.2 Å². The molecule has 1 aromatic carbocycles. The van der Waals surface area contributed by atoms with Gasteiger partial charge < -0.3 is 0 Å². The Bertz CT molecular complexity index is 623. The summed E-state index contributed by atoms with van der Waals surface area (Å²) in [6.45, 7) is 0. The topological polar surface area (TPSA) is 30.7 Å². The molecule has 2 aliphatic rings. The number of alkyl halides is 1. The van der Waals surface area contributed by atoms with Gasteiger partial charge in [-0.15, -0.1) is 0 Å². The van der Waals surface area contributed by atoms with Crippen LogP contribution in [0.1, 0.15) is 54.5 Å². The summed E-state index contributed by atoms with van der Waals surface area (Å²) in [5.41, 5.74) is 1.07. The molecule has 100 valence electrons. The number of aromatic nitrogens is 3. The number of hydrogen-bond donors (Lipinski definition) is 0. The Balaban J connectivity index is 1.71. The molecule has 2 heterocycles. The van der Waals surface area contributed by atoms with Gasteiger partial charge in [0.2, 0.25) is 0 Å². The Labute approximate surface area is 118 Å². The van der Waals surface area contributed by atoms with Gasteiger partial charge in [-0.25, -0.2) is 14.1 Å². The normalized spacial score (nSPS) is 26.4. The van der Waals surface area contributed by atoms with Crippen LogP contribution in [0, 0.1) is 5.92 Å². The third-order valence-corrected chi connectivity index (χ3v) is 4.29. The Morgan fingerprint density at radius 3 is 2.70 bits per heavy atom. The van der Waals surface area contributed by atoms with Gasteiger partial charge in [0.15, 0.2) is 12.0 Å². The lowest BCUT2D eigenvalue weighted by Gasteiger charge is -2.12. The van der Waals surface area contributed by atoms with Crippen LogP contribution in [0.4, 0.5) is 4.39 Å². The van der Waals surface area contributed by atoms with Crippen molar-refractivity contribution in [3.05, 3.63) is 47.5 Å². The Morgan fingerprint density at radius 2 is 2.00 bits per heavy atom. The fraction of sp³-hybridized carbons (Fsp3) is 0.467. The lowest BCUT2D eigenvalue weighted by Crippen LogP contribution is -2.10. The highest BCUT2D eigenvalue weighted by Gasteiger charge is 2.38. The fourth-order valence-corrected chi connectivity index (χ4v) is 2.96. The zero-order valence-electron chi connectivity index (χ0n) is 11.1. The van der Waals surface area contributed by atoms with E-state index >= 15 is 0 Å².